The van der Waals surface area contributed by atoms with Crippen molar-refractivity contribution in [3.05, 3.63) is 23.0 Å². The van der Waals surface area contributed by atoms with Gasteiger partial charge in [0.05, 0.1) is 6.42 Å². The molecule has 1 heterocycles. The number of halogens is 3. The van der Waals surface area contributed by atoms with E-state index in [1.54, 1.807) is 0 Å². The topological polar surface area (TPSA) is 66.0 Å². The van der Waals surface area contributed by atoms with Gasteiger partial charge < -0.3 is 5.11 Å². The Kier molecular flexibility index (Phi) is 3.36. The number of aromatic amines is 1. The van der Waals surface area contributed by atoms with Crippen LogP contribution >= 0.6 is 0 Å². The number of H-pyrrole nitrogens is 1. The summed E-state index contributed by atoms with van der Waals surface area (Å²) in [6, 6.07) is 0. The van der Waals surface area contributed by atoms with Crippen molar-refractivity contribution in [1.82, 2.24) is 10.2 Å². The van der Waals surface area contributed by atoms with E-state index in [0.717, 1.165) is 12.2 Å². The van der Waals surface area contributed by atoms with Crippen molar-refractivity contribution in [2.24, 2.45) is 0 Å². The summed E-state index contributed by atoms with van der Waals surface area (Å²) >= 11 is 0. The van der Waals surface area contributed by atoms with Gasteiger partial charge in [0.15, 0.2) is 5.69 Å². The SMILES string of the molecule is Cc1[nH]nc(C(F)(F)F)c1C=CCC(=O)O. The number of hydrogen-bond acceptors (Lipinski definition) is 2. The molecule has 0 aromatic carbocycles. The second kappa shape index (κ2) is 4.38. The van der Waals surface area contributed by atoms with Crippen LogP contribution in [0.5, 0.6) is 0 Å². The van der Waals surface area contributed by atoms with Gasteiger partial charge in [0.1, 0.15) is 0 Å². The highest BCUT2D eigenvalue weighted by Crippen LogP contribution is 2.32. The minimum Gasteiger partial charge on any atom is -0.481 e. The lowest BCUT2D eigenvalue weighted by Gasteiger charge is -2.03. The van der Waals surface area contributed by atoms with E-state index in [0.29, 0.717) is 0 Å². The molecular weight excluding hydrogens is 225 g/mol. The van der Waals surface area contributed by atoms with E-state index in [1.165, 1.54) is 6.92 Å². The summed E-state index contributed by atoms with van der Waals surface area (Å²) in [5.74, 6) is -1.11. The van der Waals surface area contributed by atoms with Gasteiger partial charge in [0.2, 0.25) is 0 Å². The third kappa shape index (κ3) is 2.85. The van der Waals surface area contributed by atoms with Gasteiger partial charge in [-0.15, -0.1) is 0 Å². The minimum atomic E-state index is -4.55. The number of nitrogens with one attached hydrogen (secondary N) is 1. The highest BCUT2D eigenvalue weighted by Gasteiger charge is 2.36. The zero-order valence-electron chi connectivity index (χ0n) is 8.30. The van der Waals surface area contributed by atoms with Crippen LogP contribution in [0.15, 0.2) is 6.08 Å². The number of aryl methyl sites for hydroxylation is 1. The van der Waals surface area contributed by atoms with Gasteiger partial charge in [-0.05, 0) is 6.92 Å². The van der Waals surface area contributed by atoms with Crippen LogP contribution in [0, 0.1) is 6.92 Å². The van der Waals surface area contributed by atoms with Crippen molar-refractivity contribution in [2.45, 2.75) is 19.5 Å². The monoisotopic (exact) mass is 234 g/mol. The van der Waals surface area contributed by atoms with Gasteiger partial charge in [-0.2, -0.15) is 18.3 Å². The fourth-order valence-corrected chi connectivity index (χ4v) is 1.14. The molecule has 1 rings (SSSR count). The Labute approximate surface area is 88.8 Å². The predicted molar refractivity (Wildman–Crippen MR) is 49.6 cm³/mol. The molecule has 0 aliphatic heterocycles. The summed E-state index contributed by atoms with van der Waals surface area (Å²) in [6.07, 6.45) is -2.62. The molecule has 0 unspecified atom stereocenters. The molecule has 0 atom stereocenters. The van der Waals surface area contributed by atoms with Crippen molar-refractivity contribution in [2.75, 3.05) is 0 Å². The molecule has 0 spiro atoms. The first-order chi connectivity index (χ1) is 7.32. The highest BCUT2D eigenvalue weighted by molar-refractivity contribution is 5.70. The Balaban J connectivity index is 2.99. The molecule has 0 radical (unpaired) electrons. The van der Waals surface area contributed by atoms with Crippen LogP contribution in [-0.4, -0.2) is 21.3 Å². The number of carboxylic acids is 1. The molecule has 0 saturated carbocycles. The Morgan fingerprint density at radius 1 is 1.56 bits per heavy atom. The molecule has 0 fully saturated rings. The maximum atomic E-state index is 12.4. The fraction of sp³-hybridized carbons (Fsp3) is 0.333. The third-order valence-corrected chi connectivity index (χ3v) is 1.84. The molecule has 1 aromatic heterocycles. The first kappa shape index (κ1) is 12.3. The quantitative estimate of drug-likeness (QED) is 0.842. The van der Waals surface area contributed by atoms with E-state index in [4.69, 9.17) is 5.11 Å². The Morgan fingerprint density at radius 3 is 2.69 bits per heavy atom. The maximum Gasteiger partial charge on any atom is 0.435 e. The molecular formula is C9H9F3N2O2. The van der Waals surface area contributed by atoms with Crippen LogP contribution in [0.4, 0.5) is 13.2 Å². The molecule has 16 heavy (non-hydrogen) atoms. The Hall–Kier alpha value is -1.79. The second-order valence-electron chi connectivity index (χ2n) is 3.11. The summed E-state index contributed by atoms with van der Waals surface area (Å²) < 4.78 is 37.2. The van der Waals surface area contributed by atoms with Crippen LogP contribution in [-0.2, 0) is 11.0 Å². The molecule has 7 heteroatoms. The minimum absolute atomic E-state index is 0.131. The molecule has 0 saturated heterocycles. The number of aliphatic carboxylic acids is 1. The summed E-state index contributed by atoms with van der Waals surface area (Å²) in [5, 5.41) is 13.7. The van der Waals surface area contributed by atoms with Crippen molar-refractivity contribution in [1.29, 1.82) is 0 Å². The number of alkyl halides is 3. The lowest BCUT2D eigenvalue weighted by molar-refractivity contribution is -0.141. The van der Waals surface area contributed by atoms with Crippen LogP contribution in [0.2, 0.25) is 0 Å². The van der Waals surface area contributed by atoms with Crippen LogP contribution in [0.25, 0.3) is 6.08 Å². The van der Waals surface area contributed by atoms with Gasteiger partial charge >= 0.3 is 12.1 Å². The standard InChI is InChI=1S/C9H9F3N2O2/c1-5-6(3-2-4-7(15)16)8(14-13-5)9(10,11)12/h2-3H,4H2,1H3,(H,13,14)(H,15,16). The summed E-state index contributed by atoms with van der Waals surface area (Å²) in [7, 11) is 0. The van der Waals surface area contributed by atoms with E-state index >= 15 is 0 Å². The van der Waals surface area contributed by atoms with Gasteiger partial charge in [0, 0.05) is 11.3 Å². The number of rotatable bonds is 3. The number of carbonyl (C=O) groups is 1. The molecule has 0 bridgehead atoms. The lowest BCUT2D eigenvalue weighted by atomic mass is 10.1. The molecule has 4 nitrogen and oxygen atoms in total. The first-order valence-corrected chi connectivity index (χ1v) is 4.33. The third-order valence-electron chi connectivity index (χ3n) is 1.84. The number of aromatic nitrogens is 2. The van der Waals surface area contributed by atoms with Crippen LogP contribution in [0.1, 0.15) is 23.4 Å². The van der Waals surface area contributed by atoms with E-state index < -0.39 is 17.8 Å². The van der Waals surface area contributed by atoms with Crippen molar-refractivity contribution >= 4 is 12.0 Å². The normalized spacial score (nSPS) is 12.2. The summed E-state index contributed by atoms with van der Waals surface area (Å²) in [4.78, 5) is 10.2. The highest BCUT2D eigenvalue weighted by atomic mass is 19.4. The molecule has 0 aliphatic carbocycles. The van der Waals surface area contributed by atoms with Crippen molar-refractivity contribution in [3.63, 3.8) is 0 Å². The van der Waals surface area contributed by atoms with Crippen LogP contribution < -0.4 is 0 Å². The summed E-state index contributed by atoms with van der Waals surface area (Å²) in [5.41, 5.74) is -0.922. The fourth-order valence-electron chi connectivity index (χ4n) is 1.14. The van der Waals surface area contributed by atoms with Gasteiger partial charge in [-0.3, -0.25) is 9.89 Å². The molecule has 0 amide bonds. The Bertz CT molecular complexity index is 421. The Morgan fingerprint density at radius 2 is 2.19 bits per heavy atom. The molecule has 88 valence electrons. The van der Waals surface area contributed by atoms with Crippen molar-refractivity contribution in [3.8, 4) is 0 Å². The smallest absolute Gasteiger partial charge is 0.435 e. The molecule has 2 N–H and O–H groups in total. The van der Waals surface area contributed by atoms with Gasteiger partial charge in [-0.25, -0.2) is 0 Å². The zero-order chi connectivity index (χ0) is 12.3. The summed E-state index contributed by atoms with van der Waals surface area (Å²) in [6.45, 7) is 1.43. The number of carboxylic acid groups (broad SMARTS) is 1. The number of hydrogen-bond donors (Lipinski definition) is 2. The second-order valence-corrected chi connectivity index (χ2v) is 3.11. The van der Waals surface area contributed by atoms with E-state index in [1.807, 2.05) is 0 Å². The van der Waals surface area contributed by atoms with E-state index in [2.05, 4.69) is 10.2 Å². The zero-order valence-corrected chi connectivity index (χ0v) is 8.30. The first-order valence-electron chi connectivity index (χ1n) is 4.33. The van der Waals surface area contributed by atoms with Crippen LogP contribution in [0.3, 0.4) is 0 Å². The maximum absolute atomic E-state index is 12.4. The van der Waals surface area contributed by atoms with E-state index in [9.17, 15) is 18.0 Å². The number of nitrogens with zero attached hydrogens (tertiary/aromatic N) is 1. The average molecular weight is 234 g/mol. The average Bonchev–Trinajstić information content (AvgIpc) is 2.46. The van der Waals surface area contributed by atoms with Crippen molar-refractivity contribution < 1.29 is 23.1 Å². The van der Waals surface area contributed by atoms with Gasteiger partial charge in [0.25, 0.3) is 0 Å². The largest absolute Gasteiger partial charge is 0.481 e. The lowest BCUT2D eigenvalue weighted by Crippen LogP contribution is -2.07. The predicted octanol–water partition coefficient (Wildman–Crippen LogP) is 2.22. The molecule has 1 aromatic rings. The van der Waals surface area contributed by atoms with Gasteiger partial charge in [-0.1, -0.05) is 12.2 Å². The van der Waals surface area contributed by atoms with E-state index in [-0.39, 0.29) is 17.7 Å². The molecule has 0 aliphatic rings.